The lowest BCUT2D eigenvalue weighted by molar-refractivity contribution is 0.685. The van der Waals surface area contributed by atoms with Gasteiger partial charge in [0.2, 0.25) is 0 Å². The van der Waals surface area contributed by atoms with Crippen molar-refractivity contribution in [2.45, 2.75) is 33.0 Å². The molecule has 1 aromatic carbocycles. The van der Waals surface area contributed by atoms with Gasteiger partial charge in [-0.2, -0.15) is 0 Å². The molecule has 0 saturated carbocycles. The van der Waals surface area contributed by atoms with Crippen LogP contribution >= 0.6 is 23.2 Å². The van der Waals surface area contributed by atoms with E-state index in [4.69, 9.17) is 28.9 Å². The zero-order valence-electron chi connectivity index (χ0n) is 12.4. The molecular formula is C14H18Cl2N6. The van der Waals surface area contributed by atoms with Crippen LogP contribution in [-0.4, -0.2) is 20.7 Å². The summed E-state index contributed by atoms with van der Waals surface area (Å²) < 4.78 is 1.91. The van der Waals surface area contributed by atoms with Crippen molar-refractivity contribution in [3.63, 3.8) is 0 Å². The summed E-state index contributed by atoms with van der Waals surface area (Å²) in [5.41, 5.74) is 6.82. The lowest BCUT2D eigenvalue weighted by Crippen LogP contribution is -2.34. The Labute approximate surface area is 139 Å². The fourth-order valence-corrected chi connectivity index (χ4v) is 2.59. The van der Waals surface area contributed by atoms with Gasteiger partial charge >= 0.3 is 0 Å². The van der Waals surface area contributed by atoms with E-state index in [0.29, 0.717) is 22.5 Å². The highest BCUT2D eigenvalue weighted by atomic mass is 35.5. The third kappa shape index (κ3) is 4.11. The van der Waals surface area contributed by atoms with E-state index >= 15 is 0 Å². The van der Waals surface area contributed by atoms with Crippen molar-refractivity contribution in [2.24, 2.45) is 10.7 Å². The van der Waals surface area contributed by atoms with Crippen molar-refractivity contribution in [3.05, 3.63) is 46.0 Å². The summed E-state index contributed by atoms with van der Waals surface area (Å²) in [6.45, 7) is 5.13. The predicted octanol–water partition coefficient (Wildman–Crippen LogP) is 2.77. The molecule has 6 nitrogen and oxygen atoms in total. The largest absolute Gasteiger partial charge is 0.370 e. The first-order valence-electron chi connectivity index (χ1n) is 6.89. The second-order valence-electron chi connectivity index (χ2n) is 4.77. The number of benzene rings is 1. The molecule has 0 aliphatic carbocycles. The molecule has 8 heteroatoms. The molecule has 2 aromatic rings. The van der Waals surface area contributed by atoms with E-state index in [1.54, 1.807) is 18.5 Å². The number of aryl methyl sites for hydroxylation is 1. The summed E-state index contributed by atoms with van der Waals surface area (Å²) in [6.07, 6.45) is 1.67. The van der Waals surface area contributed by atoms with Crippen LogP contribution in [0, 0.1) is 0 Å². The van der Waals surface area contributed by atoms with Crippen LogP contribution in [0.3, 0.4) is 0 Å². The summed E-state index contributed by atoms with van der Waals surface area (Å²) in [7, 11) is 0. The zero-order chi connectivity index (χ0) is 16.1. The van der Waals surface area contributed by atoms with Gasteiger partial charge in [0.15, 0.2) is 11.8 Å². The van der Waals surface area contributed by atoms with Crippen LogP contribution < -0.4 is 11.1 Å². The topological polar surface area (TPSA) is 81.1 Å². The number of guanidine groups is 1. The molecule has 0 bridgehead atoms. The lowest BCUT2D eigenvalue weighted by Gasteiger charge is -2.16. The molecule has 0 aliphatic rings. The third-order valence-corrected chi connectivity index (χ3v) is 3.78. The van der Waals surface area contributed by atoms with Crippen LogP contribution in [0.15, 0.2) is 29.5 Å². The highest BCUT2D eigenvalue weighted by Gasteiger charge is 2.11. The summed E-state index contributed by atoms with van der Waals surface area (Å²) >= 11 is 12.1. The molecule has 2 rings (SSSR count). The van der Waals surface area contributed by atoms with Gasteiger partial charge in [0.05, 0.1) is 6.04 Å². The van der Waals surface area contributed by atoms with E-state index in [2.05, 4.69) is 20.5 Å². The number of halogens is 2. The van der Waals surface area contributed by atoms with E-state index in [-0.39, 0.29) is 6.04 Å². The number of hydrogen-bond donors (Lipinski definition) is 2. The molecule has 0 radical (unpaired) electrons. The molecule has 0 saturated heterocycles. The molecule has 0 amide bonds. The molecule has 1 unspecified atom stereocenters. The summed E-state index contributed by atoms with van der Waals surface area (Å²) in [5, 5.41) is 12.1. The number of nitrogens with zero attached hydrogens (tertiary/aromatic N) is 4. The van der Waals surface area contributed by atoms with Crippen molar-refractivity contribution in [2.75, 3.05) is 0 Å². The molecule has 22 heavy (non-hydrogen) atoms. The van der Waals surface area contributed by atoms with Crippen LogP contribution in [0.4, 0.5) is 0 Å². The zero-order valence-corrected chi connectivity index (χ0v) is 13.9. The maximum atomic E-state index is 6.18. The number of aliphatic imine (C=N–C) groups is 1. The van der Waals surface area contributed by atoms with Crippen LogP contribution in [-0.2, 0) is 13.1 Å². The molecule has 1 aromatic heterocycles. The second kappa shape index (κ2) is 7.47. The fourth-order valence-electron chi connectivity index (χ4n) is 2.02. The summed E-state index contributed by atoms with van der Waals surface area (Å²) in [6, 6.07) is 5.27. The minimum absolute atomic E-state index is 0.0856. The molecular weight excluding hydrogens is 323 g/mol. The monoisotopic (exact) mass is 340 g/mol. The average molecular weight is 341 g/mol. The van der Waals surface area contributed by atoms with Gasteiger partial charge in [-0.15, -0.1) is 10.2 Å². The fraction of sp³-hybridized carbons (Fsp3) is 0.357. The minimum Gasteiger partial charge on any atom is -0.370 e. The van der Waals surface area contributed by atoms with Gasteiger partial charge < -0.3 is 15.6 Å². The Morgan fingerprint density at radius 1 is 1.45 bits per heavy atom. The number of rotatable bonds is 5. The molecule has 3 N–H and O–H groups in total. The number of nitrogens with two attached hydrogens (primary N) is 1. The van der Waals surface area contributed by atoms with Crippen molar-refractivity contribution in [3.8, 4) is 0 Å². The van der Waals surface area contributed by atoms with Crippen molar-refractivity contribution < 1.29 is 0 Å². The van der Waals surface area contributed by atoms with Gasteiger partial charge in [-0.05, 0) is 31.5 Å². The van der Waals surface area contributed by atoms with E-state index < -0.39 is 0 Å². The normalized spacial score (nSPS) is 13.2. The first kappa shape index (κ1) is 16.6. The SMILES string of the molecule is CCn1cnnc1CN=C(N)NC(C)c1ccc(Cl)cc1Cl. The van der Waals surface area contributed by atoms with E-state index in [1.165, 1.54) is 0 Å². The summed E-state index contributed by atoms with van der Waals surface area (Å²) in [5.74, 6) is 1.09. The van der Waals surface area contributed by atoms with Crippen LogP contribution in [0.5, 0.6) is 0 Å². The average Bonchev–Trinajstić information content (AvgIpc) is 2.92. The predicted molar refractivity (Wildman–Crippen MR) is 89.0 cm³/mol. The van der Waals surface area contributed by atoms with Gasteiger partial charge in [0.1, 0.15) is 12.9 Å². The van der Waals surface area contributed by atoms with E-state index in [9.17, 15) is 0 Å². The van der Waals surface area contributed by atoms with Gasteiger partial charge in [-0.25, -0.2) is 4.99 Å². The number of aromatic nitrogens is 3. The van der Waals surface area contributed by atoms with Crippen molar-refractivity contribution in [1.82, 2.24) is 20.1 Å². The highest BCUT2D eigenvalue weighted by Crippen LogP contribution is 2.25. The Hall–Kier alpha value is -1.79. The number of nitrogens with one attached hydrogen (secondary N) is 1. The van der Waals surface area contributed by atoms with Gasteiger partial charge in [-0.1, -0.05) is 29.3 Å². The Balaban J connectivity index is 2.01. The molecule has 1 atom stereocenters. The van der Waals surface area contributed by atoms with E-state index in [1.807, 2.05) is 24.5 Å². The Morgan fingerprint density at radius 2 is 2.23 bits per heavy atom. The Bertz CT molecular complexity index is 667. The number of hydrogen-bond acceptors (Lipinski definition) is 3. The first-order chi connectivity index (χ1) is 10.5. The van der Waals surface area contributed by atoms with Gasteiger partial charge in [0.25, 0.3) is 0 Å². The second-order valence-corrected chi connectivity index (χ2v) is 5.61. The lowest BCUT2D eigenvalue weighted by atomic mass is 10.1. The minimum atomic E-state index is -0.0856. The standard InChI is InChI=1S/C14H18Cl2N6/c1-3-22-8-19-21-13(22)7-18-14(17)20-9(2)11-5-4-10(15)6-12(11)16/h4-6,8-9H,3,7H2,1-2H3,(H3,17,18,20). The van der Waals surface area contributed by atoms with Gasteiger partial charge in [-0.3, -0.25) is 0 Å². The first-order valence-corrected chi connectivity index (χ1v) is 7.65. The smallest absolute Gasteiger partial charge is 0.189 e. The van der Waals surface area contributed by atoms with Crippen LogP contribution in [0.1, 0.15) is 31.3 Å². The summed E-state index contributed by atoms with van der Waals surface area (Å²) in [4.78, 5) is 4.28. The maximum absolute atomic E-state index is 6.18. The Morgan fingerprint density at radius 3 is 2.91 bits per heavy atom. The van der Waals surface area contributed by atoms with Crippen molar-refractivity contribution in [1.29, 1.82) is 0 Å². The van der Waals surface area contributed by atoms with Gasteiger partial charge in [0, 0.05) is 16.6 Å². The van der Waals surface area contributed by atoms with Crippen molar-refractivity contribution >= 4 is 29.2 Å². The van der Waals surface area contributed by atoms with Crippen LogP contribution in [0.25, 0.3) is 0 Å². The molecule has 1 heterocycles. The molecule has 0 spiro atoms. The third-order valence-electron chi connectivity index (χ3n) is 3.22. The maximum Gasteiger partial charge on any atom is 0.189 e. The van der Waals surface area contributed by atoms with Crippen LogP contribution in [0.2, 0.25) is 10.0 Å². The molecule has 0 aliphatic heterocycles. The molecule has 118 valence electrons. The highest BCUT2D eigenvalue weighted by molar-refractivity contribution is 6.35. The molecule has 0 fully saturated rings. The Kier molecular flexibility index (Phi) is 5.63. The quantitative estimate of drug-likeness (QED) is 0.647. The van der Waals surface area contributed by atoms with E-state index in [0.717, 1.165) is 17.9 Å².